The predicted molar refractivity (Wildman–Crippen MR) is 42.3 cm³/mol. The van der Waals surface area contributed by atoms with Crippen LogP contribution in [0.1, 0.15) is 0 Å². The summed E-state index contributed by atoms with van der Waals surface area (Å²) in [4.78, 5) is 22.3. The largest absolute Gasteiger partial charge is 0.290 e. The van der Waals surface area contributed by atoms with E-state index in [4.69, 9.17) is 0 Å². The predicted octanol–water partition coefficient (Wildman–Crippen LogP) is 0.871. The van der Waals surface area contributed by atoms with Gasteiger partial charge in [0.05, 0.1) is 0 Å². The van der Waals surface area contributed by atoms with Crippen molar-refractivity contribution in [3.8, 4) is 0 Å². The van der Waals surface area contributed by atoms with Crippen LogP contribution in [0, 0.1) is 0 Å². The molecule has 0 aliphatic heterocycles. The zero-order valence-corrected chi connectivity index (χ0v) is 6.13. The van der Waals surface area contributed by atoms with Crippen molar-refractivity contribution in [1.29, 1.82) is 0 Å². The van der Waals surface area contributed by atoms with Crippen LogP contribution in [0.25, 0.3) is 0 Å². The van der Waals surface area contributed by atoms with Gasteiger partial charge in [0.15, 0.2) is 11.6 Å². The number of fused-ring (bicyclic) bond motifs is 2. The Bertz CT molecular complexity index is 456. The summed E-state index contributed by atoms with van der Waals surface area (Å²) in [5.41, 5.74) is 3.32. The number of hydrogen-bond donors (Lipinski definition) is 0. The fraction of sp³-hybridized carbons (Fsp3) is 0. The summed E-state index contributed by atoms with van der Waals surface area (Å²) in [7, 11) is 0. The lowest BCUT2D eigenvalue weighted by atomic mass is 9.99. The average Bonchev–Trinajstić information content (AvgIpc) is 2.78. The Morgan fingerprint density at radius 3 is 2.42 bits per heavy atom. The number of carbonyl (C=O) groups is 2. The van der Waals surface area contributed by atoms with Crippen molar-refractivity contribution in [1.82, 2.24) is 0 Å². The highest BCUT2D eigenvalue weighted by molar-refractivity contribution is 6.28. The Morgan fingerprint density at radius 2 is 1.58 bits per heavy atom. The minimum absolute atomic E-state index is 0.0118. The summed E-state index contributed by atoms with van der Waals surface area (Å²) in [5, 5.41) is 0. The molecule has 0 atom stereocenters. The van der Waals surface area contributed by atoms with E-state index in [1.807, 2.05) is 6.08 Å². The molecule has 0 spiro atoms. The Kier molecular flexibility index (Phi) is 0.763. The van der Waals surface area contributed by atoms with Gasteiger partial charge in [0.1, 0.15) is 0 Å². The monoisotopic (exact) mass is 156 g/mol. The van der Waals surface area contributed by atoms with E-state index in [0.29, 0.717) is 5.57 Å². The van der Waals surface area contributed by atoms with E-state index in [1.54, 1.807) is 6.08 Å². The van der Waals surface area contributed by atoms with Crippen LogP contribution in [-0.2, 0) is 9.59 Å². The smallest absolute Gasteiger partial charge is 0.194 e. The molecule has 0 N–H and O–H groups in total. The first-order chi connectivity index (χ1) is 5.77. The Balaban J connectivity index is 2.25. The minimum Gasteiger partial charge on any atom is -0.290 e. The second kappa shape index (κ2) is 1.55. The van der Waals surface area contributed by atoms with E-state index in [0.717, 1.165) is 16.7 Å². The second-order valence-corrected chi connectivity index (χ2v) is 3.01. The van der Waals surface area contributed by atoms with Gasteiger partial charge >= 0.3 is 0 Å². The van der Waals surface area contributed by atoms with Gasteiger partial charge in [-0.15, -0.1) is 0 Å². The van der Waals surface area contributed by atoms with Crippen LogP contribution >= 0.6 is 0 Å². The lowest BCUT2D eigenvalue weighted by molar-refractivity contribution is -0.113. The molecule has 0 bridgehead atoms. The molecule has 3 rings (SSSR count). The molecule has 0 fully saturated rings. The number of carbonyl (C=O) groups excluding carboxylic acids is 2. The van der Waals surface area contributed by atoms with E-state index in [2.05, 4.69) is 0 Å². The fourth-order valence-corrected chi connectivity index (χ4v) is 1.61. The van der Waals surface area contributed by atoms with Crippen molar-refractivity contribution in [3.63, 3.8) is 0 Å². The maximum Gasteiger partial charge on any atom is 0.194 e. The van der Waals surface area contributed by atoms with Crippen LogP contribution in [-0.4, -0.2) is 11.6 Å². The van der Waals surface area contributed by atoms with E-state index in [1.165, 1.54) is 12.2 Å². The molecule has 0 saturated heterocycles. The molecule has 2 heteroatoms. The summed E-state index contributed by atoms with van der Waals surface area (Å²) in [6.07, 6.45) is 6.49. The number of hydrogen-bond acceptors (Lipinski definition) is 2. The molecule has 3 aliphatic rings. The van der Waals surface area contributed by atoms with E-state index in [-0.39, 0.29) is 11.6 Å². The molecular weight excluding hydrogens is 152 g/mol. The van der Waals surface area contributed by atoms with E-state index in [9.17, 15) is 9.59 Å². The number of ketones is 2. The van der Waals surface area contributed by atoms with Crippen molar-refractivity contribution in [2.45, 2.75) is 0 Å². The Labute approximate surface area is 68.6 Å². The molecule has 0 radical (unpaired) electrons. The fourth-order valence-electron chi connectivity index (χ4n) is 1.61. The molecule has 3 aliphatic carbocycles. The zero-order valence-electron chi connectivity index (χ0n) is 6.13. The highest BCUT2D eigenvalue weighted by Crippen LogP contribution is 2.45. The van der Waals surface area contributed by atoms with Crippen molar-refractivity contribution in [2.24, 2.45) is 0 Å². The molecular formula is C10H4O2. The molecule has 12 heavy (non-hydrogen) atoms. The molecule has 0 heterocycles. The van der Waals surface area contributed by atoms with Crippen LogP contribution in [0.5, 0.6) is 0 Å². The van der Waals surface area contributed by atoms with Gasteiger partial charge in [-0.05, 0) is 35.5 Å². The molecule has 0 unspecified atom stereocenters. The second-order valence-electron chi connectivity index (χ2n) is 3.01. The highest BCUT2D eigenvalue weighted by Gasteiger charge is 2.39. The van der Waals surface area contributed by atoms with Gasteiger partial charge in [0, 0.05) is 11.1 Å². The Hall–Kier alpha value is -1.70. The molecule has 0 amide bonds. The first kappa shape index (κ1) is 5.89. The number of Topliss-reactive ketones (excluding diaryl/α,β-unsaturated/α-hetero) is 1. The summed E-state index contributed by atoms with van der Waals surface area (Å²) in [6, 6.07) is 0. The van der Waals surface area contributed by atoms with Crippen LogP contribution < -0.4 is 0 Å². The first-order valence-corrected chi connectivity index (χ1v) is 3.72. The standard InChI is InChI=1S/C10H4O2/c11-5-1-2-6-7-4-9(7)10(12)8(6)3-5/h1-4H. The molecule has 0 aromatic carbocycles. The number of rotatable bonds is 0. The lowest BCUT2D eigenvalue weighted by Gasteiger charge is -2.02. The highest BCUT2D eigenvalue weighted by atomic mass is 16.1. The SMILES string of the molecule is O=C1C=CC2=C3C=C3C(=O)C2=C1. The lowest BCUT2D eigenvalue weighted by Crippen LogP contribution is -2.04. The normalized spacial score (nSPS) is 23.7. The van der Waals surface area contributed by atoms with Gasteiger partial charge in [-0.3, -0.25) is 9.59 Å². The minimum atomic E-state index is -0.0930. The van der Waals surface area contributed by atoms with Crippen molar-refractivity contribution in [3.05, 3.63) is 46.6 Å². The molecule has 0 aromatic heterocycles. The molecule has 56 valence electrons. The summed E-state index contributed by atoms with van der Waals surface area (Å²) in [5.74, 6) is -0.0812. The van der Waals surface area contributed by atoms with Gasteiger partial charge in [0.25, 0.3) is 0 Å². The molecule has 2 nitrogen and oxygen atoms in total. The third kappa shape index (κ3) is 0.515. The third-order valence-electron chi connectivity index (χ3n) is 2.27. The summed E-state index contributed by atoms with van der Waals surface area (Å²) < 4.78 is 0. The maximum atomic E-state index is 11.4. The van der Waals surface area contributed by atoms with Crippen molar-refractivity contribution < 1.29 is 9.59 Å². The van der Waals surface area contributed by atoms with Gasteiger partial charge in [-0.1, -0.05) is 0 Å². The number of allylic oxidation sites excluding steroid dienone is 8. The first-order valence-electron chi connectivity index (χ1n) is 3.72. The Morgan fingerprint density at radius 1 is 0.833 bits per heavy atom. The maximum absolute atomic E-state index is 11.4. The van der Waals surface area contributed by atoms with Crippen molar-refractivity contribution in [2.75, 3.05) is 0 Å². The van der Waals surface area contributed by atoms with Crippen LogP contribution in [0.3, 0.4) is 0 Å². The van der Waals surface area contributed by atoms with Crippen LogP contribution in [0.2, 0.25) is 0 Å². The van der Waals surface area contributed by atoms with Gasteiger partial charge in [-0.25, -0.2) is 0 Å². The summed E-state index contributed by atoms with van der Waals surface area (Å²) >= 11 is 0. The third-order valence-corrected chi connectivity index (χ3v) is 2.27. The van der Waals surface area contributed by atoms with Gasteiger partial charge < -0.3 is 0 Å². The van der Waals surface area contributed by atoms with Gasteiger partial charge in [-0.2, -0.15) is 0 Å². The van der Waals surface area contributed by atoms with Crippen LogP contribution in [0.4, 0.5) is 0 Å². The van der Waals surface area contributed by atoms with Crippen molar-refractivity contribution >= 4 is 11.6 Å². The van der Waals surface area contributed by atoms with E-state index < -0.39 is 0 Å². The van der Waals surface area contributed by atoms with Gasteiger partial charge in [0.2, 0.25) is 0 Å². The molecule has 0 aromatic rings. The van der Waals surface area contributed by atoms with E-state index >= 15 is 0 Å². The zero-order chi connectivity index (χ0) is 8.29. The average molecular weight is 156 g/mol. The summed E-state index contributed by atoms with van der Waals surface area (Å²) in [6.45, 7) is 0. The molecule has 0 saturated carbocycles. The topological polar surface area (TPSA) is 34.1 Å². The van der Waals surface area contributed by atoms with Crippen LogP contribution in [0.15, 0.2) is 46.6 Å². The quantitative estimate of drug-likeness (QED) is 0.521.